The summed E-state index contributed by atoms with van der Waals surface area (Å²) in [4.78, 5) is 14.5. The number of fused-ring (bicyclic) bond motifs is 3. The van der Waals surface area contributed by atoms with Crippen molar-refractivity contribution >= 4 is 21.6 Å². The van der Waals surface area contributed by atoms with E-state index in [9.17, 15) is 4.79 Å². The second kappa shape index (κ2) is 12.5. The first kappa shape index (κ1) is 31.3. The van der Waals surface area contributed by atoms with Crippen molar-refractivity contribution in [3.8, 4) is 5.88 Å². The molecule has 250 valence electrons. The van der Waals surface area contributed by atoms with Crippen molar-refractivity contribution in [3.05, 3.63) is 142 Å². The number of aromatic nitrogens is 2. The van der Waals surface area contributed by atoms with Crippen molar-refractivity contribution in [3.63, 3.8) is 0 Å². The second-order valence-corrected chi connectivity index (χ2v) is 15.0. The molecular weight excluding hydrogens is 635 g/mol. The number of carbonyl (C=O) groups excluding carboxylic acids is 1. The highest BCUT2D eigenvalue weighted by atomic mass is 32.2. The molecule has 2 N–H and O–H groups in total. The molecule has 0 radical (unpaired) electrons. The Bertz CT molecular complexity index is 2040. The van der Waals surface area contributed by atoms with Crippen molar-refractivity contribution in [1.82, 2.24) is 14.5 Å². The number of hydrogen-bond acceptors (Lipinski definition) is 6. The highest BCUT2D eigenvalue weighted by molar-refractivity contribution is 7.92. The molecule has 2 aliphatic carbocycles. The molecule has 4 aromatic carbocycles. The summed E-state index contributed by atoms with van der Waals surface area (Å²) in [7, 11) is -2.22. The fourth-order valence-corrected chi connectivity index (χ4v) is 9.57. The predicted molar refractivity (Wildman–Crippen MR) is 189 cm³/mol. The lowest BCUT2D eigenvalue weighted by atomic mass is 9.75. The lowest BCUT2D eigenvalue weighted by molar-refractivity contribution is 0.0920. The number of nitrogens with zero attached hydrogens (tertiary/aromatic N) is 3. The maximum atomic E-state index is 16.0. The van der Waals surface area contributed by atoms with E-state index in [0.29, 0.717) is 24.9 Å². The minimum absolute atomic E-state index is 0.202. The SMILES string of the molecule is COC[C@H]1Cn2ncc(S(=O)(=NC(c3ccccc3)(c3ccccc3)c3ccccc3)NC(=O)Nc3c4c(cc5c3[C@H](C)C5)CCC4)c2O1. The Morgan fingerprint density at radius 3 is 2.20 bits per heavy atom. The summed E-state index contributed by atoms with van der Waals surface area (Å²) < 4.78 is 37.5. The summed E-state index contributed by atoms with van der Waals surface area (Å²) in [5.74, 6) is 0.634. The number of rotatable bonds is 9. The third-order valence-corrected chi connectivity index (χ3v) is 11.8. The third-order valence-electron chi connectivity index (χ3n) is 9.92. The number of carbonyl (C=O) groups is 1. The highest BCUT2D eigenvalue weighted by Gasteiger charge is 2.41. The van der Waals surface area contributed by atoms with Crippen molar-refractivity contribution in [1.29, 1.82) is 0 Å². The van der Waals surface area contributed by atoms with Gasteiger partial charge in [0.25, 0.3) is 0 Å². The standard InChI is InChI=1S/C39H39N5O4S/c1-26-21-28-22-27-13-12-20-33(27)36(35(26)28)41-38(45)42-49(46,34-23-40-44-24-32(25-47-2)48-37(34)44)43-39(29-14-6-3-7-15-29,30-16-8-4-9-17-30)31-18-10-5-11-19-31/h3-11,14-19,22-23,26,32H,12-13,20-21,24-25H2,1-2H3,(H2,41,42,43,45,46)/t26-,32-,49?/m1/s1. The molecule has 0 fully saturated rings. The van der Waals surface area contributed by atoms with E-state index in [1.807, 2.05) is 91.0 Å². The predicted octanol–water partition coefficient (Wildman–Crippen LogP) is 6.99. The second-order valence-electron chi connectivity index (χ2n) is 13.1. The molecule has 1 aliphatic heterocycles. The lowest BCUT2D eigenvalue weighted by Gasteiger charge is -2.33. The maximum Gasteiger partial charge on any atom is 0.331 e. The Morgan fingerprint density at radius 2 is 1.61 bits per heavy atom. The van der Waals surface area contributed by atoms with Crippen molar-refractivity contribution in [2.45, 2.75) is 61.6 Å². The molecule has 3 atom stereocenters. The topological polar surface area (TPSA) is 107 Å². The molecule has 2 amide bonds. The molecule has 1 aromatic heterocycles. The van der Waals surface area contributed by atoms with Crippen LogP contribution in [0.15, 0.2) is 113 Å². The van der Waals surface area contributed by atoms with Crippen LogP contribution in [0, 0.1) is 0 Å². The van der Waals surface area contributed by atoms with Crippen LogP contribution in [0.3, 0.4) is 0 Å². The molecule has 49 heavy (non-hydrogen) atoms. The largest absolute Gasteiger partial charge is 0.469 e. The van der Waals surface area contributed by atoms with E-state index in [1.54, 1.807) is 11.8 Å². The van der Waals surface area contributed by atoms with Crippen molar-refractivity contribution < 1.29 is 18.5 Å². The fraction of sp³-hybridized carbons (Fsp3) is 0.282. The molecule has 10 heteroatoms. The van der Waals surface area contributed by atoms with Crippen molar-refractivity contribution in [2.75, 3.05) is 19.0 Å². The van der Waals surface area contributed by atoms with Gasteiger partial charge in [-0.25, -0.2) is 18.4 Å². The van der Waals surface area contributed by atoms with Crippen LogP contribution in [0.4, 0.5) is 10.5 Å². The van der Waals surface area contributed by atoms with Gasteiger partial charge < -0.3 is 14.8 Å². The zero-order valence-corrected chi connectivity index (χ0v) is 28.4. The zero-order chi connectivity index (χ0) is 33.6. The van der Waals surface area contributed by atoms with E-state index >= 15 is 4.21 Å². The van der Waals surface area contributed by atoms with Gasteiger partial charge in [0.05, 0.1) is 19.3 Å². The van der Waals surface area contributed by atoms with Crippen LogP contribution in [0.25, 0.3) is 0 Å². The smallest absolute Gasteiger partial charge is 0.331 e. The summed E-state index contributed by atoms with van der Waals surface area (Å²) in [6.07, 6.45) is 5.11. The van der Waals surface area contributed by atoms with Gasteiger partial charge in [-0.3, -0.25) is 0 Å². The van der Waals surface area contributed by atoms with Crippen LogP contribution in [0.1, 0.15) is 58.2 Å². The van der Waals surface area contributed by atoms with E-state index in [1.165, 1.54) is 28.5 Å². The Morgan fingerprint density at radius 1 is 0.980 bits per heavy atom. The van der Waals surface area contributed by atoms with Crippen LogP contribution in [0.5, 0.6) is 5.88 Å². The summed E-state index contributed by atoms with van der Waals surface area (Å²) in [5.41, 5.74) is 6.84. The quantitative estimate of drug-likeness (QED) is 0.164. The van der Waals surface area contributed by atoms with Gasteiger partial charge >= 0.3 is 6.03 Å². The molecular formula is C39H39N5O4S. The highest BCUT2D eigenvalue weighted by Crippen LogP contribution is 2.46. The average Bonchev–Trinajstić information content (AvgIpc) is 3.85. The van der Waals surface area contributed by atoms with Gasteiger partial charge in [0.15, 0.2) is 9.92 Å². The minimum atomic E-state index is -3.83. The third kappa shape index (κ3) is 5.39. The number of benzene rings is 4. The normalized spacial score (nSPS) is 18.7. The zero-order valence-electron chi connectivity index (χ0n) is 27.6. The van der Waals surface area contributed by atoms with Crippen LogP contribution < -0.4 is 14.8 Å². The molecule has 1 unspecified atom stereocenters. The Hall–Kier alpha value is -4.93. The molecule has 5 aromatic rings. The van der Waals surface area contributed by atoms with Crippen LogP contribution in [-0.2, 0) is 46.0 Å². The average molecular weight is 674 g/mol. The molecule has 9 nitrogen and oxygen atoms in total. The molecule has 2 heterocycles. The van der Waals surface area contributed by atoms with Gasteiger partial charge in [-0.05, 0) is 70.5 Å². The Kier molecular flexibility index (Phi) is 8.00. The van der Waals surface area contributed by atoms with E-state index in [-0.39, 0.29) is 11.0 Å². The van der Waals surface area contributed by atoms with E-state index < -0.39 is 21.5 Å². The molecule has 0 saturated heterocycles. The Balaban J connectivity index is 1.33. The number of ether oxygens (including phenoxy) is 2. The Labute approximate surface area is 287 Å². The number of amides is 2. The van der Waals surface area contributed by atoms with Crippen LogP contribution in [-0.4, -0.2) is 39.8 Å². The number of hydrogen-bond donors (Lipinski definition) is 2. The summed E-state index contributed by atoms with van der Waals surface area (Å²) >= 11 is 0. The van der Waals surface area contributed by atoms with Gasteiger partial charge in [0.1, 0.15) is 16.5 Å². The van der Waals surface area contributed by atoms with E-state index in [2.05, 4.69) is 28.1 Å². The number of anilines is 1. The van der Waals surface area contributed by atoms with Crippen LogP contribution >= 0.6 is 0 Å². The first-order valence-corrected chi connectivity index (χ1v) is 18.3. The number of nitrogens with one attached hydrogen (secondary N) is 2. The minimum Gasteiger partial charge on any atom is -0.469 e. The molecule has 0 saturated carbocycles. The summed E-state index contributed by atoms with van der Waals surface area (Å²) in [6, 6.07) is 31.1. The monoisotopic (exact) mass is 673 g/mol. The first-order chi connectivity index (χ1) is 23.9. The molecule has 0 bridgehead atoms. The van der Waals surface area contributed by atoms with Gasteiger partial charge in [-0.1, -0.05) is 104 Å². The maximum absolute atomic E-state index is 16.0. The molecule has 0 spiro atoms. The van der Waals surface area contributed by atoms with E-state index in [0.717, 1.165) is 48.1 Å². The van der Waals surface area contributed by atoms with Gasteiger partial charge in [0, 0.05) is 12.8 Å². The molecule has 3 aliphatic rings. The number of urea groups is 1. The first-order valence-electron chi connectivity index (χ1n) is 16.8. The van der Waals surface area contributed by atoms with Gasteiger partial charge in [-0.15, -0.1) is 0 Å². The van der Waals surface area contributed by atoms with Crippen molar-refractivity contribution in [2.24, 2.45) is 4.36 Å². The van der Waals surface area contributed by atoms with Crippen LogP contribution in [0.2, 0.25) is 0 Å². The summed E-state index contributed by atoms with van der Waals surface area (Å²) in [6.45, 7) is 2.94. The lowest BCUT2D eigenvalue weighted by Crippen LogP contribution is -2.38. The summed E-state index contributed by atoms with van der Waals surface area (Å²) in [5, 5.41) is 7.73. The van der Waals surface area contributed by atoms with E-state index in [4.69, 9.17) is 13.8 Å². The molecule has 8 rings (SSSR count). The fourth-order valence-electron chi connectivity index (χ4n) is 7.74. The number of methoxy groups -OCH3 is 1. The van der Waals surface area contributed by atoms with Gasteiger partial charge in [0.2, 0.25) is 5.88 Å². The number of aryl methyl sites for hydroxylation is 1. The van der Waals surface area contributed by atoms with Gasteiger partial charge in [-0.2, -0.15) is 9.46 Å².